The predicted molar refractivity (Wildman–Crippen MR) is 50.4 cm³/mol. The number of fused-ring (bicyclic) bond motifs is 1. The molecule has 4 heteroatoms. The van der Waals surface area contributed by atoms with Gasteiger partial charge < -0.3 is 10.6 Å². The van der Waals surface area contributed by atoms with Crippen molar-refractivity contribution in [2.24, 2.45) is 0 Å². The van der Waals surface area contributed by atoms with Crippen LogP contribution in [0.1, 0.15) is 12.8 Å². The highest BCUT2D eigenvalue weighted by molar-refractivity contribution is 5.73. The van der Waals surface area contributed by atoms with Gasteiger partial charge >= 0.3 is 0 Å². The Bertz CT molecular complexity index is 399. The maximum absolute atomic E-state index is 13.3. The van der Waals surface area contributed by atoms with Crippen molar-refractivity contribution in [3.05, 3.63) is 23.8 Å². The lowest BCUT2D eigenvalue weighted by Gasteiger charge is -2.28. The highest BCUT2D eigenvalue weighted by Crippen LogP contribution is 2.44. The molecular weight excluding hydrogens is 186 g/mol. The molecule has 2 N–H and O–H groups in total. The van der Waals surface area contributed by atoms with Crippen molar-refractivity contribution >= 4 is 11.4 Å². The fraction of sp³-hybridized carbons (Fsp3) is 0.400. The number of halogens is 2. The third-order valence-corrected chi connectivity index (χ3v) is 2.91. The predicted octanol–water partition coefficient (Wildman–Crippen LogP) is 2.33. The molecule has 0 bridgehead atoms. The Kier molecular flexibility index (Phi) is 1.36. The first-order chi connectivity index (χ1) is 6.69. The Labute approximate surface area is 80.3 Å². The summed E-state index contributed by atoms with van der Waals surface area (Å²) in [5.74, 6) is -1.06. The fourth-order valence-electron chi connectivity index (χ4n) is 1.89. The second-order valence-electron chi connectivity index (χ2n) is 4.07. The largest absolute Gasteiger partial charge is 0.379 e. The van der Waals surface area contributed by atoms with Crippen molar-refractivity contribution in [2.45, 2.75) is 18.4 Å². The molecule has 3 rings (SSSR count). The molecule has 14 heavy (non-hydrogen) atoms. The summed E-state index contributed by atoms with van der Waals surface area (Å²) in [5.41, 5.74) is 1.00. The van der Waals surface area contributed by atoms with E-state index < -0.39 is 11.6 Å². The van der Waals surface area contributed by atoms with Gasteiger partial charge in [0.25, 0.3) is 0 Å². The van der Waals surface area contributed by atoms with Crippen LogP contribution in [0.3, 0.4) is 0 Å². The summed E-state index contributed by atoms with van der Waals surface area (Å²) in [6.45, 7) is 0.725. The molecule has 1 fully saturated rings. The molecule has 1 spiro atoms. The van der Waals surface area contributed by atoms with Crippen LogP contribution in [0.5, 0.6) is 0 Å². The Balaban J connectivity index is 2.07. The summed E-state index contributed by atoms with van der Waals surface area (Å²) in [5, 5.41) is 6.19. The highest BCUT2D eigenvalue weighted by atomic mass is 19.1. The van der Waals surface area contributed by atoms with Gasteiger partial charge in [0.1, 0.15) is 5.82 Å². The third kappa shape index (κ3) is 1.06. The van der Waals surface area contributed by atoms with E-state index in [4.69, 9.17) is 0 Å². The summed E-state index contributed by atoms with van der Waals surface area (Å²) in [7, 11) is 0. The highest BCUT2D eigenvalue weighted by Gasteiger charge is 2.45. The standard InChI is InChI=1S/C10H10F2N2/c11-6-3-7(12)9-8(4-6)14-10(1-2-10)5-13-9/h3-4,13-14H,1-2,5H2. The van der Waals surface area contributed by atoms with Gasteiger partial charge in [-0.25, -0.2) is 8.78 Å². The molecule has 1 aromatic carbocycles. The summed E-state index contributed by atoms with van der Waals surface area (Å²) < 4.78 is 26.2. The molecule has 1 heterocycles. The zero-order valence-electron chi connectivity index (χ0n) is 7.53. The average molecular weight is 196 g/mol. The average Bonchev–Trinajstić information content (AvgIpc) is 2.83. The Morgan fingerprint density at radius 1 is 1.21 bits per heavy atom. The molecule has 0 aromatic heterocycles. The van der Waals surface area contributed by atoms with Crippen LogP contribution in [0.15, 0.2) is 12.1 Å². The first-order valence-electron chi connectivity index (χ1n) is 4.70. The van der Waals surface area contributed by atoms with Gasteiger partial charge in [-0.15, -0.1) is 0 Å². The normalized spacial score (nSPS) is 21.0. The summed E-state index contributed by atoms with van der Waals surface area (Å²) in [4.78, 5) is 0. The van der Waals surface area contributed by atoms with E-state index in [-0.39, 0.29) is 5.54 Å². The summed E-state index contributed by atoms with van der Waals surface area (Å²) in [6.07, 6.45) is 2.13. The lowest BCUT2D eigenvalue weighted by molar-refractivity contribution is 0.581. The van der Waals surface area contributed by atoms with Crippen molar-refractivity contribution in [3.63, 3.8) is 0 Å². The molecule has 1 saturated carbocycles. The number of rotatable bonds is 0. The van der Waals surface area contributed by atoms with E-state index in [1.165, 1.54) is 6.07 Å². The zero-order chi connectivity index (χ0) is 9.76. The Morgan fingerprint density at radius 2 is 2.00 bits per heavy atom. The van der Waals surface area contributed by atoms with Gasteiger partial charge in [-0.1, -0.05) is 0 Å². The molecule has 2 aliphatic rings. The molecule has 1 aromatic rings. The quantitative estimate of drug-likeness (QED) is 0.665. The van der Waals surface area contributed by atoms with Crippen LogP contribution in [0.2, 0.25) is 0 Å². The maximum atomic E-state index is 13.3. The van der Waals surface area contributed by atoms with Crippen molar-refractivity contribution in [3.8, 4) is 0 Å². The number of hydrogen-bond acceptors (Lipinski definition) is 2. The van der Waals surface area contributed by atoms with Crippen LogP contribution in [0, 0.1) is 11.6 Å². The van der Waals surface area contributed by atoms with Crippen LogP contribution in [0.25, 0.3) is 0 Å². The molecule has 1 aliphatic heterocycles. The van der Waals surface area contributed by atoms with E-state index in [0.717, 1.165) is 25.5 Å². The molecule has 1 aliphatic carbocycles. The number of benzene rings is 1. The van der Waals surface area contributed by atoms with Crippen LogP contribution in [-0.4, -0.2) is 12.1 Å². The second-order valence-corrected chi connectivity index (χ2v) is 4.07. The van der Waals surface area contributed by atoms with E-state index in [2.05, 4.69) is 10.6 Å². The molecular formula is C10H10F2N2. The number of hydrogen-bond donors (Lipinski definition) is 2. The van der Waals surface area contributed by atoms with Crippen molar-refractivity contribution in [1.29, 1.82) is 0 Å². The van der Waals surface area contributed by atoms with Gasteiger partial charge in [-0.3, -0.25) is 0 Å². The lowest BCUT2D eigenvalue weighted by atomic mass is 10.1. The number of nitrogens with one attached hydrogen (secondary N) is 2. The van der Waals surface area contributed by atoms with Crippen LogP contribution in [0.4, 0.5) is 20.2 Å². The minimum atomic E-state index is -0.534. The molecule has 0 saturated heterocycles. The first kappa shape index (κ1) is 8.03. The molecule has 0 amide bonds. The lowest BCUT2D eigenvalue weighted by Crippen LogP contribution is -2.35. The molecule has 2 nitrogen and oxygen atoms in total. The molecule has 0 radical (unpaired) electrons. The first-order valence-corrected chi connectivity index (χ1v) is 4.70. The summed E-state index contributed by atoms with van der Waals surface area (Å²) in [6, 6.07) is 2.24. The van der Waals surface area contributed by atoms with E-state index in [1.54, 1.807) is 0 Å². The second kappa shape index (κ2) is 2.38. The van der Waals surface area contributed by atoms with E-state index >= 15 is 0 Å². The molecule has 0 atom stereocenters. The van der Waals surface area contributed by atoms with Crippen molar-refractivity contribution < 1.29 is 8.78 Å². The maximum Gasteiger partial charge on any atom is 0.151 e. The SMILES string of the molecule is Fc1cc(F)c2c(c1)NC1(CC1)CN2. The van der Waals surface area contributed by atoms with Crippen LogP contribution < -0.4 is 10.6 Å². The van der Waals surface area contributed by atoms with Gasteiger partial charge in [0.05, 0.1) is 16.9 Å². The van der Waals surface area contributed by atoms with Crippen molar-refractivity contribution in [1.82, 2.24) is 0 Å². The van der Waals surface area contributed by atoms with E-state index in [9.17, 15) is 8.78 Å². The summed E-state index contributed by atoms with van der Waals surface area (Å²) >= 11 is 0. The monoisotopic (exact) mass is 196 g/mol. The van der Waals surface area contributed by atoms with Gasteiger partial charge in [0.2, 0.25) is 0 Å². The minimum absolute atomic E-state index is 0.0627. The topological polar surface area (TPSA) is 24.1 Å². The molecule has 74 valence electrons. The van der Waals surface area contributed by atoms with Crippen LogP contribution >= 0.6 is 0 Å². The van der Waals surface area contributed by atoms with E-state index in [0.29, 0.717) is 11.4 Å². The van der Waals surface area contributed by atoms with E-state index in [1.807, 2.05) is 0 Å². The third-order valence-electron chi connectivity index (χ3n) is 2.91. The zero-order valence-corrected chi connectivity index (χ0v) is 7.53. The van der Waals surface area contributed by atoms with Crippen LogP contribution in [-0.2, 0) is 0 Å². The van der Waals surface area contributed by atoms with Gasteiger partial charge in [-0.2, -0.15) is 0 Å². The Morgan fingerprint density at radius 3 is 2.71 bits per heavy atom. The van der Waals surface area contributed by atoms with Gasteiger partial charge in [-0.05, 0) is 18.9 Å². The fourth-order valence-corrected chi connectivity index (χ4v) is 1.89. The smallest absolute Gasteiger partial charge is 0.151 e. The number of anilines is 2. The van der Waals surface area contributed by atoms with Crippen molar-refractivity contribution in [2.75, 3.05) is 17.2 Å². The van der Waals surface area contributed by atoms with Gasteiger partial charge in [0, 0.05) is 12.6 Å². The van der Waals surface area contributed by atoms with Gasteiger partial charge in [0.15, 0.2) is 5.82 Å². The molecule has 0 unspecified atom stereocenters. The Hall–Kier alpha value is -1.32. The minimum Gasteiger partial charge on any atom is -0.379 e.